The van der Waals surface area contributed by atoms with Crippen molar-refractivity contribution < 1.29 is 26.3 Å². The number of hydrogen-bond acceptors (Lipinski definition) is 0. The Morgan fingerprint density at radius 1 is 0.944 bits per heavy atom. The highest BCUT2D eigenvalue weighted by atomic mass is 79.9. The van der Waals surface area contributed by atoms with Gasteiger partial charge in [0.1, 0.15) is 4.83 Å². The Labute approximate surface area is 107 Å². The molecule has 0 amide bonds. The summed E-state index contributed by atoms with van der Waals surface area (Å²) in [5.74, 6) is 2.02. The Kier molecular flexibility index (Phi) is 4.01. The predicted octanol–water partition coefficient (Wildman–Crippen LogP) is 4.79. The van der Waals surface area contributed by atoms with Crippen molar-refractivity contribution in [2.75, 3.05) is 0 Å². The zero-order chi connectivity index (χ0) is 14.1. The van der Waals surface area contributed by atoms with Crippen LogP contribution in [0, 0.1) is 12.3 Å². The molecule has 1 unspecified atom stereocenters. The first-order valence-corrected chi connectivity index (χ1v) is 5.37. The molecule has 0 nitrogen and oxygen atoms in total. The summed E-state index contributed by atoms with van der Waals surface area (Å²) in [7, 11) is 0. The molecule has 0 aromatic heterocycles. The van der Waals surface area contributed by atoms with Crippen LogP contribution < -0.4 is 0 Å². The molecule has 0 bridgehead atoms. The SMILES string of the molecule is C#CC(Br)c1cc(C(F)(F)F)cc(C(F)(F)F)c1. The van der Waals surface area contributed by atoms with E-state index < -0.39 is 28.3 Å². The molecule has 1 rings (SSSR count). The molecule has 0 radical (unpaired) electrons. The smallest absolute Gasteiger partial charge is 0.166 e. The van der Waals surface area contributed by atoms with Gasteiger partial charge in [0.05, 0.1) is 11.1 Å². The van der Waals surface area contributed by atoms with Crippen LogP contribution >= 0.6 is 15.9 Å². The molecule has 0 aliphatic carbocycles. The highest BCUT2D eigenvalue weighted by Crippen LogP contribution is 2.38. The summed E-state index contributed by atoms with van der Waals surface area (Å²) in [6.07, 6.45) is -4.76. The van der Waals surface area contributed by atoms with Gasteiger partial charge in [0.2, 0.25) is 0 Å². The van der Waals surface area contributed by atoms with E-state index in [-0.39, 0.29) is 11.6 Å². The van der Waals surface area contributed by atoms with E-state index in [1.54, 1.807) is 0 Å². The number of terminal acetylenes is 1. The lowest BCUT2D eigenvalue weighted by Gasteiger charge is -2.14. The van der Waals surface area contributed by atoms with Crippen molar-refractivity contribution in [2.24, 2.45) is 0 Å². The third kappa shape index (κ3) is 3.42. The lowest BCUT2D eigenvalue weighted by Crippen LogP contribution is -2.12. The van der Waals surface area contributed by atoms with E-state index in [2.05, 4.69) is 15.9 Å². The van der Waals surface area contributed by atoms with Gasteiger partial charge in [-0.1, -0.05) is 21.9 Å². The van der Waals surface area contributed by atoms with Crippen molar-refractivity contribution in [3.05, 3.63) is 34.9 Å². The minimum absolute atomic E-state index is 0.0553. The van der Waals surface area contributed by atoms with Crippen LogP contribution in [0.4, 0.5) is 26.3 Å². The van der Waals surface area contributed by atoms with Crippen LogP contribution in [0.5, 0.6) is 0 Å². The summed E-state index contributed by atoms with van der Waals surface area (Å²) in [6, 6.07) is 1.24. The summed E-state index contributed by atoms with van der Waals surface area (Å²) < 4.78 is 74.8. The van der Waals surface area contributed by atoms with Crippen LogP contribution in [0.3, 0.4) is 0 Å². The maximum absolute atomic E-state index is 12.5. The first kappa shape index (κ1) is 14.9. The standard InChI is InChI=1S/C11H5BrF6/c1-2-9(12)6-3-7(10(13,14)15)5-8(4-6)11(16,17)18/h1,3-5,9H. The van der Waals surface area contributed by atoms with Gasteiger partial charge >= 0.3 is 12.4 Å². The fourth-order valence-corrected chi connectivity index (χ4v) is 1.49. The van der Waals surface area contributed by atoms with Gasteiger partial charge in [-0.05, 0) is 23.8 Å². The maximum Gasteiger partial charge on any atom is 0.416 e. The number of rotatable bonds is 1. The van der Waals surface area contributed by atoms with E-state index in [0.29, 0.717) is 12.1 Å². The van der Waals surface area contributed by atoms with Gasteiger partial charge in [-0.15, -0.1) is 6.42 Å². The largest absolute Gasteiger partial charge is 0.416 e. The third-order valence-electron chi connectivity index (χ3n) is 2.05. The average molecular weight is 331 g/mol. The second-order valence-electron chi connectivity index (χ2n) is 3.37. The van der Waals surface area contributed by atoms with Crippen LogP contribution in [0.2, 0.25) is 0 Å². The molecule has 7 heteroatoms. The van der Waals surface area contributed by atoms with Crippen molar-refractivity contribution in [3.63, 3.8) is 0 Å². The van der Waals surface area contributed by atoms with E-state index >= 15 is 0 Å². The fraction of sp³-hybridized carbons (Fsp3) is 0.273. The second kappa shape index (κ2) is 4.84. The first-order chi connectivity index (χ1) is 8.05. The number of alkyl halides is 7. The van der Waals surface area contributed by atoms with Gasteiger partial charge in [-0.2, -0.15) is 26.3 Å². The highest BCUT2D eigenvalue weighted by Gasteiger charge is 2.37. The molecule has 98 valence electrons. The average Bonchev–Trinajstić information content (AvgIpc) is 2.25. The van der Waals surface area contributed by atoms with Crippen LogP contribution in [0.1, 0.15) is 21.5 Å². The van der Waals surface area contributed by atoms with Crippen molar-refractivity contribution in [1.82, 2.24) is 0 Å². The van der Waals surface area contributed by atoms with Crippen LogP contribution in [0.15, 0.2) is 18.2 Å². The first-order valence-electron chi connectivity index (χ1n) is 4.45. The van der Waals surface area contributed by atoms with Crippen LogP contribution in [-0.4, -0.2) is 0 Å². The maximum atomic E-state index is 12.5. The summed E-state index contributed by atoms with van der Waals surface area (Å²) in [4.78, 5) is -1.01. The van der Waals surface area contributed by atoms with Gasteiger partial charge in [0.15, 0.2) is 0 Å². The van der Waals surface area contributed by atoms with Gasteiger partial charge in [0, 0.05) is 0 Å². The molecule has 0 saturated carbocycles. The molecule has 0 fully saturated rings. The molecular weight excluding hydrogens is 326 g/mol. The Morgan fingerprint density at radius 2 is 1.33 bits per heavy atom. The Balaban J connectivity index is 3.45. The Morgan fingerprint density at radius 3 is 1.61 bits per heavy atom. The normalized spacial score (nSPS) is 14.1. The summed E-state index contributed by atoms with van der Waals surface area (Å²) in [5, 5.41) is 0. The summed E-state index contributed by atoms with van der Waals surface area (Å²) >= 11 is 2.82. The topological polar surface area (TPSA) is 0 Å². The molecule has 0 spiro atoms. The van der Waals surface area contributed by atoms with Crippen LogP contribution in [0.25, 0.3) is 0 Å². The van der Waals surface area contributed by atoms with Crippen molar-refractivity contribution in [3.8, 4) is 12.3 Å². The lowest BCUT2D eigenvalue weighted by molar-refractivity contribution is -0.143. The van der Waals surface area contributed by atoms with Crippen molar-refractivity contribution >= 4 is 15.9 Å². The summed E-state index contributed by atoms with van der Waals surface area (Å²) in [6.45, 7) is 0. The monoisotopic (exact) mass is 330 g/mol. The fourth-order valence-electron chi connectivity index (χ4n) is 1.22. The minimum atomic E-state index is -4.86. The number of benzene rings is 1. The molecule has 1 atom stereocenters. The zero-order valence-corrected chi connectivity index (χ0v) is 10.1. The Hall–Kier alpha value is -1.16. The Bertz CT molecular complexity index is 448. The molecular formula is C11H5BrF6. The van der Waals surface area contributed by atoms with Crippen LogP contribution in [-0.2, 0) is 12.4 Å². The van der Waals surface area contributed by atoms with Gasteiger partial charge < -0.3 is 0 Å². The second-order valence-corrected chi connectivity index (χ2v) is 4.28. The van der Waals surface area contributed by atoms with Crippen molar-refractivity contribution in [2.45, 2.75) is 17.2 Å². The quantitative estimate of drug-likeness (QED) is 0.394. The van der Waals surface area contributed by atoms with E-state index in [4.69, 9.17) is 6.42 Å². The molecule has 0 saturated heterocycles. The number of halogens is 7. The third-order valence-corrected chi connectivity index (χ3v) is 2.84. The predicted molar refractivity (Wildman–Crippen MR) is 56.9 cm³/mol. The molecule has 1 aromatic carbocycles. The zero-order valence-electron chi connectivity index (χ0n) is 8.53. The minimum Gasteiger partial charge on any atom is -0.166 e. The lowest BCUT2D eigenvalue weighted by atomic mass is 10.0. The van der Waals surface area contributed by atoms with E-state index in [1.807, 2.05) is 5.92 Å². The van der Waals surface area contributed by atoms with E-state index in [0.717, 1.165) is 0 Å². The molecule has 1 aromatic rings. The van der Waals surface area contributed by atoms with E-state index in [1.165, 1.54) is 0 Å². The van der Waals surface area contributed by atoms with Gasteiger partial charge in [-0.3, -0.25) is 0 Å². The number of hydrogen-bond donors (Lipinski definition) is 0. The molecule has 0 N–H and O–H groups in total. The van der Waals surface area contributed by atoms with Gasteiger partial charge in [0.25, 0.3) is 0 Å². The molecule has 0 aliphatic rings. The molecule has 0 heterocycles. The van der Waals surface area contributed by atoms with Crippen molar-refractivity contribution in [1.29, 1.82) is 0 Å². The molecule has 18 heavy (non-hydrogen) atoms. The molecule has 0 aliphatic heterocycles. The van der Waals surface area contributed by atoms with Gasteiger partial charge in [-0.25, -0.2) is 0 Å². The van der Waals surface area contributed by atoms with E-state index in [9.17, 15) is 26.3 Å². The highest BCUT2D eigenvalue weighted by molar-refractivity contribution is 9.09. The summed E-state index contributed by atoms with van der Waals surface area (Å²) in [5.41, 5.74) is -3.03.